The van der Waals surface area contributed by atoms with Crippen LogP contribution in [0.15, 0.2) is 12.4 Å². The second-order valence-electron chi connectivity index (χ2n) is 4.93. The molecule has 1 fully saturated rings. The maximum atomic E-state index is 12.1. The third kappa shape index (κ3) is 2.49. The minimum atomic E-state index is -0.272. The maximum Gasteiger partial charge on any atom is 0.254 e. The van der Waals surface area contributed by atoms with Crippen molar-refractivity contribution in [3.05, 3.63) is 18.0 Å². The van der Waals surface area contributed by atoms with Gasteiger partial charge in [0.15, 0.2) is 0 Å². The number of carbonyl (C=O) groups is 1. The van der Waals surface area contributed by atoms with Gasteiger partial charge in [0.05, 0.1) is 17.3 Å². The highest BCUT2D eigenvalue weighted by atomic mass is 16.1. The van der Waals surface area contributed by atoms with Gasteiger partial charge in [-0.1, -0.05) is 0 Å². The molecule has 1 atom stereocenters. The minimum Gasteiger partial charge on any atom is -0.345 e. The molecule has 1 aromatic heterocycles. The number of nitrogens with one attached hydrogen (secondary N) is 1. The van der Waals surface area contributed by atoms with Crippen LogP contribution in [0.5, 0.6) is 0 Å². The monoisotopic (exact) mass is 236 g/mol. The van der Waals surface area contributed by atoms with Gasteiger partial charge in [-0.2, -0.15) is 5.10 Å². The summed E-state index contributed by atoms with van der Waals surface area (Å²) in [4.78, 5) is 12.1. The van der Waals surface area contributed by atoms with Crippen molar-refractivity contribution in [2.45, 2.75) is 38.8 Å². The lowest BCUT2D eigenvalue weighted by molar-refractivity contribution is 0.0897. The van der Waals surface area contributed by atoms with Crippen LogP contribution in [0.25, 0.3) is 0 Å². The van der Waals surface area contributed by atoms with Gasteiger partial charge in [-0.25, -0.2) is 0 Å². The van der Waals surface area contributed by atoms with E-state index in [2.05, 4.69) is 10.4 Å². The van der Waals surface area contributed by atoms with Crippen molar-refractivity contribution in [1.29, 1.82) is 0 Å². The SMILES string of the molecule is CCn1cc(C(=O)NC(C)(CN)C2CC2)cn1. The van der Waals surface area contributed by atoms with E-state index in [9.17, 15) is 4.79 Å². The van der Waals surface area contributed by atoms with E-state index >= 15 is 0 Å². The first-order chi connectivity index (χ1) is 8.09. The van der Waals surface area contributed by atoms with Gasteiger partial charge in [-0.05, 0) is 32.6 Å². The van der Waals surface area contributed by atoms with Gasteiger partial charge in [0.1, 0.15) is 0 Å². The fourth-order valence-corrected chi connectivity index (χ4v) is 2.03. The molecule has 0 saturated heterocycles. The number of rotatable bonds is 5. The van der Waals surface area contributed by atoms with Crippen molar-refractivity contribution < 1.29 is 4.79 Å². The molecule has 17 heavy (non-hydrogen) atoms. The normalized spacial score (nSPS) is 18.8. The fraction of sp³-hybridized carbons (Fsp3) is 0.667. The smallest absolute Gasteiger partial charge is 0.254 e. The van der Waals surface area contributed by atoms with Crippen LogP contribution >= 0.6 is 0 Å². The van der Waals surface area contributed by atoms with Crippen LogP contribution in [-0.4, -0.2) is 27.8 Å². The molecule has 3 N–H and O–H groups in total. The Morgan fingerprint density at radius 2 is 2.41 bits per heavy atom. The summed E-state index contributed by atoms with van der Waals surface area (Å²) < 4.78 is 1.74. The number of aromatic nitrogens is 2. The number of amides is 1. The lowest BCUT2D eigenvalue weighted by Gasteiger charge is -2.29. The fourth-order valence-electron chi connectivity index (χ4n) is 2.03. The Kier molecular flexibility index (Phi) is 3.19. The van der Waals surface area contributed by atoms with E-state index in [0.717, 1.165) is 19.4 Å². The number of nitrogens with two attached hydrogens (primary N) is 1. The Bertz CT molecular complexity index is 410. The van der Waals surface area contributed by atoms with Crippen molar-refractivity contribution in [3.8, 4) is 0 Å². The summed E-state index contributed by atoms with van der Waals surface area (Å²) in [5, 5.41) is 7.14. The topological polar surface area (TPSA) is 72.9 Å². The molecule has 94 valence electrons. The van der Waals surface area contributed by atoms with Gasteiger partial charge in [-0.15, -0.1) is 0 Å². The molecule has 1 aliphatic rings. The summed E-state index contributed by atoms with van der Waals surface area (Å²) in [5.74, 6) is 0.447. The molecule has 1 heterocycles. The van der Waals surface area contributed by atoms with Crippen LogP contribution in [0, 0.1) is 5.92 Å². The first-order valence-electron chi connectivity index (χ1n) is 6.14. The zero-order chi connectivity index (χ0) is 12.5. The molecular weight excluding hydrogens is 216 g/mol. The predicted octanol–water partition coefficient (Wildman–Crippen LogP) is 0.760. The first-order valence-corrected chi connectivity index (χ1v) is 6.14. The van der Waals surface area contributed by atoms with E-state index in [-0.39, 0.29) is 11.4 Å². The van der Waals surface area contributed by atoms with Crippen LogP contribution in [-0.2, 0) is 6.54 Å². The molecule has 2 rings (SSSR count). The summed E-state index contributed by atoms with van der Waals surface area (Å²) in [6, 6.07) is 0. The van der Waals surface area contributed by atoms with Crippen molar-refractivity contribution in [2.75, 3.05) is 6.54 Å². The van der Waals surface area contributed by atoms with Gasteiger partial charge in [0.2, 0.25) is 0 Å². The summed E-state index contributed by atoms with van der Waals surface area (Å²) in [5.41, 5.74) is 6.10. The van der Waals surface area contributed by atoms with Gasteiger partial charge in [0.25, 0.3) is 5.91 Å². The molecule has 1 aliphatic carbocycles. The van der Waals surface area contributed by atoms with Gasteiger partial charge < -0.3 is 11.1 Å². The Hall–Kier alpha value is -1.36. The molecule has 0 aromatic carbocycles. The molecule has 1 unspecified atom stereocenters. The highest BCUT2D eigenvalue weighted by Crippen LogP contribution is 2.39. The standard InChI is InChI=1S/C12H20N4O/c1-3-16-7-9(6-14-16)11(17)15-12(2,8-13)10-4-5-10/h6-7,10H,3-5,8,13H2,1-2H3,(H,15,17). The lowest BCUT2D eigenvalue weighted by Crippen LogP contribution is -2.53. The molecule has 1 aromatic rings. The van der Waals surface area contributed by atoms with Crippen LogP contribution in [0.3, 0.4) is 0 Å². The molecule has 0 aliphatic heterocycles. The average molecular weight is 236 g/mol. The first kappa shape index (κ1) is 12.1. The van der Waals surface area contributed by atoms with Gasteiger partial charge in [0, 0.05) is 19.3 Å². The predicted molar refractivity (Wildman–Crippen MR) is 65.6 cm³/mol. The van der Waals surface area contributed by atoms with Crippen LogP contribution < -0.4 is 11.1 Å². The number of hydrogen-bond donors (Lipinski definition) is 2. The Morgan fingerprint density at radius 3 is 2.88 bits per heavy atom. The molecule has 0 spiro atoms. The van der Waals surface area contributed by atoms with E-state index < -0.39 is 0 Å². The molecule has 1 saturated carbocycles. The highest BCUT2D eigenvalue weighted by Gasteiger charge is 2.41. The van der Waals surface area contributed by atoms with Crippen LogP contribution in [0.2, 0.25) is 0 Å². The van der Waals surface area contributed by atoms with Crippen molar-refractivity contribution in [1.82, 2.24) is 15.1 Å². The Morgan fingerprint density at radius 1 is 1.71 bits per heavy atom. The summed E-state index contributed by atoms with van der Waals surface area (Å²) in [6.45, 7) is 5.26. The molecule has 0 bridgehead atoms. The van der Waals surface area contributed by atoms with E-state index in [0.29, 0.717) is 18.0 Å². The third-order valence-electron chi connectivity index (χ3n) is 3.52. The molecule has 1 amide bonds. The van der Waals surface area contributed by atoms with Gasteiger partial charge in [-0.3, -0.25) is 9.48 Å². The van der Waals surface area contributed by atoms with Gasteiger partial charge >= 0.3 is 0 Å². The molecule has 5 nitrogen and oxygen atoms in total. The number of aryl methyl sites for hydroxylation is 1. The minimum absolute atomic E-state index is 0.0791. The average Bonchev–Trinajstić information content (AvgIpc) is 3.07. The zero-order valence-corrected chi connectivity index (χ0v) is 10.4. The Labute approximate surface area is 101 Å². The second-order valence-corrected chi connectivity index (χ2v) is 4.93. The van der Waals surface area contributed by atoms with Crippen molar-refractivity contribution in [2.24, 2.45) is 11.7 Å². The van der Waals surface area contributed by atoms with Crippen LogP contribution in [0.4, 0.5) is 0 Å². The zero-order valence-electron chi connectivity index (χ0n) is 10.4. The quantitative estimate of drug-likeness (QED) is 0.792. The van der Waals surface area contributed by atoms with E-state index in [4.69, 9.17) is 5.73 Å². The Balaban J connectivity index is 2.05. The number of hydrogen-bond acceptors (Lipinski definition) is 3. The molecule has 0 radical (unpaired) electrons. The van der Waals surface area contributed by atoms with E-state index in [1.54, 1.807) is 17.1 Å². The van der Waals surface area contributed by atoms with Crippen LogP contribution in [0.1, 0.15) is 37.0 Å². The van der Waals surface area contributed by atoms with E-state index in [1.165, 1.54) is 0 Å². The number of nitrogens with zero attached hydrogens (tertiary/aromatic N) is 2. The maximum absolute atomic E-state index is 12.1. The summed E-state index contributed by atoms with van der Waals surface area (Å²) in [7, 11) is 0. The van der Waals surface area contributed by atoms with Crippen molar-refractivity contribution >= 4 is 5.91 Å². The number of carbonyl (C=O) groups excluding carboxylic acids is 1. The molecular formula is C12H20N4O. The molecule has 5 heteroatoms. The van der Waals surface area contributed by atoms with Crippen molar-refractivity contribution in [3.63, 3.8) is 0 Å². The third-order valence-corrected chi connectivity index (χ3v) is 3.52. The second kappa shape index (κ2) is 4.49. The largest absolute Gasteiger partial charge is 0.345 e. The summed E-state index contributed by atoms with van der Waals surface area (Å²) >= 11 is 0. The highest BCUT2D eigenvalue weighted by molar-refractivity contribution is 5.94. The lowest BCUT2D eigenvalue weighted by atomic mass is 9.95. The summed E-state index contributed by atoms with van der Waals surface area (Å²) in [6.07, 6.45) is 5.67. The van der Waals surface area contributed by atoms with E-state index in [1.807, 2.05) is 13.8 Å².